The maximum Gasteiger partial charge on any atom is 0.267 e. The molecule has 20 heavy (non-hydrogen) atoms. The predicted octanol–water partition coefficient (Wildman–Crippen LogP) is 0.833. The van der Waals surface area contributed by atoms with Gasteiger partial charge in [-0.3, -0.25) is 9.59 Å². The van der Waals surface area contributed by atoms with Crippen molar-refractivity contribution in [3.05, 3.63) is 28.2 Å². The maximum atomic E-state index is 12.1. The molecule has 0 spiro atoms. The van der Waals surface area contributed by atoms with Gasteiger partial charge in [0, 0.05) is 25.1 Å². The fourth-order valence-corrected chi connectivity index (χ4v) is 2.08. The summed E-state index contributed by atoms with van der Waals surface area (Å²) in [5.74, 6) is 0.224. The number of rotatable bonds is 6. The molecule has 1 heterocycles. The highest BCUT2D eigenvalue weighted by Crippen LogP contribution is 2.38. The third-order valence-corrected chi connectivity index (χ3v) is 3.39. The standard InChI is InChI=1S/C14H21N3O3/c1-9(8-20-3)15-14(19)10(2)17-13(18)7-6-12(16-17)11-4-5-11/h6-7,9-11H,4-5,8H2,1-3H3,(H,15,19). The van der Waals surface area contributed by atoms with E-state index in [9.17, 15) is 9.59 Å². The lowest BCUT2D eigenvalue weighted by Crippen LogP contribution is -2.42. The molecular formula is C14H21N3O3. The topological polar surface area (TPSA) is 73.2 Å². The molecule has 1 fully saturated rings. The van der Waals surface area contributed by atoms with E-state index in [0.717, 1.165) is 18.5 Å². The van der Waals surface area contributed by atoms with Gasteiger partial charge in [0.2, 0.25) is 5.91 Å². The van der Waals surface area contributed by atoms with Crippen LogP contribution in [0.15, 0.2) is 16.9 Å². The van der Waals surface area contributed by atoms with Crippen molar-refractivity contribution in [1.82, 2.24) is 15.1 Å². The number of carbonyl (C=O) groups is 1. The Labute approximate surface area is 118 Å². The molecule has 1 amide bonds. The summed E-state index contributed by atoms with van der Waals surface area (Å²) in [6, 6.07) is 2.52. The van der Waals surface area contributed by atoms with Crippen LogP contribution in [-0.4, -0.2) is 35.4 Å². The summed E-state index contributed by atoms with van der Waals surface area (Å²) >= 11 is 0. The van der Waals surface area contributed by atoms with Crippen LogP contribution in [0.2, 0.25) is 0 Å². The average Bonchev–Trinajstić information content (AvgIpc) is 3.23. The molecule has 6 heteroatoms. The van der Waals surface area contributed by atoms with Crippen molar-refractivity contribution >= 4 is 5.91 Å². The Morgan fingerprint density at radius 3 is 2.80 bits per heavy atom. The number of carbonyl (C=O) groups excluding carboxylic acids is 1. The summed E-state index contributed by atoms with van der Waals surface area (Å²) in [4.78, 5) is 24.0. The molecule has 1 saturated carbocycles. The lowest BCUT2D eigenvalue weighted by Gasteiger charge is -2.18. The molecule has 1 aliphatic carbocycles. The highest BCUT2D eigenvalue weighted by atomic mass is 16.5. The van der Waals surface area contributed by atoms with Crippen LogP contribution in [0.4, 0.5) is 0 Å². The minimum atomic E-state index is -0.625. The van der Waals surface area contributed by atoms with E-state index in [1.165, 1.54) is 10.7 Å². The van der Waals surface area contributed by atoms with Crippen LogP contribution in [-0.2, 0) is 9.53 Å². The van der Waals surface area contributed by atoms with Crippen LogP contribution in [0.1, 0.15) is 44.3 Å². The van der Waals surface area contributed by atoms with Gasteiger partial charge in [0.15, 0.2) is 0 Å². The largest absolute Gasteiger partial charge is 0.383 e. The molecule has 2 unspecified atom stereocenters. The van der Waals surface area contributed by atoms with Crippen molar-refractivity contribution in [3.63, 3.8) is 0 Å². The van der Waals surface area contributed by atoms with Gasteiger partial charge in [0.25, 0.3) is 5.56 Å². The molecule has 1 N–H and O–H groups in total. The number of nitrogens with zero attached hydrogens (tertiary/aromatic N) is 2. The Kier molecular flexibility index (Phi) is 4.54. The number of aromatic nitrogens is 2. The second-order valence-electron chi connectivity index (χ2n) is 5.36. The smallest absolute Gasteiger partial charge is 0.267 e. The zero-order valence-corrected chi connectivity index (χ0v) is 12.1. The molecule has 1 aliphatic rings. The van der Waals surface area contributed by atoms with E-state index in [1.54, 1.807) is 20.1 Å². The van der Waals surface area contributed by atoms with Crippen LogP contribution in [0.25, 0.3) is 0 Å². The zero-order chi connectivity index (χ0) is 14.7. The number of hydrogen-bond acceptors (Lipinski definition) is 4. The summed E-state index contributed by atoms with van der Waals surface area (Å²) in [6.07, 6.45) is 2.22. The summed E-state index contributed by atoms with van der Waals surface area (Å²) < 4.78 is 6.24. The highest BCUT2D eigenvalue weighted by Gasteiger charge is 2.27. The number of methoxy groups -OCH3 is 1. The molecule has 0 saturated heterocycles. The molecule has 1 aromatic heterocycles. The van der Waals surface area contributed by atoms with Gasteiger partial charge in [-0.2, -0.15) is 5.10 Å². The fraction of sp³-hybridized carbons (Fsp3) is 0.643. The van der Waals surface area contributed by atoms with Gasteiger partial charge in [-0.15, -0.1) is 0 Å². The van der Waals surface area contributed by atoms with Gasteiger partial charge in [0.05, 0.1) is 12.3 Å². The molecule has 2 atom stereocenters. The first-order valence-electron chi connectivity index (χ1n) is 6.92. The van der Waals surface area contributed by atoms with Crippen molar-refractivity contribution in [2.45, 2.75) is 44.7 Å². The lowest BCUT2D eigenvalue weighted by atomic mass is 10.2. The monoisotopic (exact) mass is 279 g/mol. The molecule has 6 nitrogen and oxygen atoms in total. The molecule has 1 aromatic rings. The van der Waals surface area contributed by atoms with Gasteiger partial charge in [-0.1, -0.05) is 0 Å². The van der Waals surface area contributed by atoms with Crippen LogP contribution in [0.5, 0.6) is 0 Å². The second-order valence-corrected chi connectivity index (χ2v) is 5.36. The fourth-order valence-electron chi connectivity index (χ4n) is 2.08. The third-order valence-electron chi connectivity index (χ3n) is 3.39. The van der Waals surface area contributed by atoms with Gasteiger partial charge in [0.1, 0.15) is 6.04 Å². The number of nitrogens with one attached hydrogen (secondary N) is 1. The Hall–Kier alpha value is -1.69. The van der Waals surface area contributed by atoms with Gasteiger partial charge < -0.3 is 10.1 Å². The second kappa shape index (κ2) is 6.17. The molecule has 110 valence electrons. The first-order chi connectivity index (χ1) is 9.52. The van der Waals surface area contributed by atoms with Crippen molar-refractivity contribution in [2.75, 3.05) is 13.7 Å². The minimum Gasteiger partial charge on any atom is -0.383 e. The molecule has 0 bridgehead atoms. The molecular weight excluding hydrogens is 258 g/mol. The Morgan fingerprint density at radius 2 is 2.20 bits per heavy atom. The SMILES string of the molecule is COCC(C)NC(=O)C(C)n1nc(C2CC2)ccc1=O. The Morgan fingerprint density at radius 1 is 1.50 bits per heavy atom. The maximum absolute atomic E-state index is 12.1. The zero-order valence-electron chi connectivity index (χ0n) is 12.1. The van der Waals surface area contributed by atoms with E-state index in [1.807, 2.05) is 6.92 Å². The lowest BCUT2D eigenvalue weighted by molar-refractivity contribution is -0.125. The summed E-state index contributed by atoms with van der Waals surface area (Å²) in [5, 5.41) is 7.13. The molecule has 0 aromatic carbocycles. The van der Waals surface area contributed by atoms with Crippen LogP contribution < -0.4 is 10.9 Å². The summed E-state index contributed by atoms with van der Waals surface area (Å²) in [7, 11) is 1.58. The van der Waals surface area contributed by atoms with E-state index >= 15 is 0 Å². The number of ether oxygens (including phenoxy) is 1. The number of amides is 1. The van der Waals surface area contributed by atoms with E-state index in [4.69, 9.17) is 4.74 Å². The summed E-state index contributed by atoms with van der Waals surface area (Å²) in [5.41, 5.74) is 0.644. The van der Waals surface area contributed by atoms with Crippen LogP contribution in [0.3, 0.4) is 0 Å². The van der Waals surface area contributed by atoms with E-state index in [-0.39, 0.29) is 17.5 Å². The van der Waals surface area contributed by atoms with E-state index in [0.29, 0.717) is 12.5 Å². The minimum absolute atomic E-state index is 0.0998. The summed E-state index contributed by atoms with van der Waals surface area (Å²) in [6.45, 7) is 3.97. The highest BCUT2D eigenvalue weighted by molar-refractivity contribution is 5.80. The molecule has 0 radical (unpaired) electrons. The molecule has 0 aliphatic heterocycles. The normalized spacial score (nSPS) is 17.6. The van der Waals surface area contributed by atoms with Crippen LogP contribution >= 0.6 is 0 Å². The van der Waals surface area contributed by atoms with Crippen molar-refractivity contribution in [1.29, 1.82) is 0 Å². The first kappa shape index (κ1) is 14.7. The first-order valence-corrected chi connectivity index (χ1v) is 6.92. The Balaban J connectivity index is 2.11. The van der Waals surface area contributed by atoms with Gasteiger partial charge >= 0.3 is 0 Å². The van der Waals surface area contributed by atoms with Gasteiger partial charge in [-0.05, 0) is 32.8 Å². The average molecular weight is 279 g/mol. The third kappa shape index (κ3) is 3.45. The quantitative estimate of drug-likeness (QED) is 0.837. The Bertz CT molecular complexity index is 537. The van der Waals surface area contributed by atoms with Crippen molar-refractivity contribution < 1.29 is 9.53 Å². The van der Waals surface area contributed by atoms with Crippen LogP contribution in [0, 0.1) is 0 Å². The van der Waals surface area contributed by atoms with Crippen molar-refractivity contribution in [3.8, 4) is 0 Å². The van der Waals surface area contributed by atoms with Gasteiger partial charge in [-0.25, -0.2) is 4.68 Å². The van der Waals surface area contributed by atoms with Crippen molar-refractivity contribution in [2.24, 2.45) is 0 Å². The molecule has 2 rings (SSSR count). The number of hydrogen-bond donors (Lipinski definition) is 1. The van der Waals surface area contributed by atoms with E-state index in [2.05, 4.69) is 10.4 Å². The predicted molar refractivity (Wildman–Crippen MR) is 74.7 cm³/mol. The van der Waals surface area contributed by atoms with E-state index < -0.39 is 6.04 Å².